The minimum atomic E-state index is -3.46. The highest BCUT2D eigenvalue weighted by atomic mass is 35.5. The fourth-order valence-electron chi connectivity index (χ4n) is 2.82. The van der Waals surface area contributed by atoms with E-state index in [-0.39, 0.29) is 4.90 Å². The topological polar surface area (TPSA) is 59.1 Å². The van der Waals surface area contributed by atoms with Crippen LogP contribution < -0.4 is 4.72 Å². The molecule has 0 amide bonds. The van der Waals surface area contributed by atoms with Gasteiger partial charge in [-0.25, -0.2) is 18.1 Å². The third-order valence-electron chi connectivity index (χ3n) is 3.90. The summed E-state index contributed by atoms with van der Waals surface area (Å²) >= 11 is 5.65. The lowest BCUT2D eigenvalue weighted by molar-refractivity contribution is 0.271. The molecule has 1 aliphatic carbocycles. The van der Waals surface area contributed by atoms with E-state index in [1.807, 2.05) is 0 Å². The lowest BCUT2D eigenvalue weighted by Crippen LogP contribution is -2.27. The van der Waals surface area contributed by atoms with Crippen molar-refractivity contribution in [3.05, 3.63) is 23.5 Å². The van der Waals surface area contributed by atoms with Crippen molar-refractivity contribution in [2.45, 2.75) is 43.9 Å². The summed E-state index contributed by atoms with van der Waals surface area (Å²) in [6.07, 6.45) is 7.19. The number of halogens is 1. The van der Waals surface area contributed by atoms with Crippen molar-refractivity contribution in [2.24, 2.45) is 11.8 Å². The van der Waals surface area contributed by atoms with Gasteiger partial charge in [-0.2, -0.15) is 0 Å². The van der Waals surface area contributed by atoms with Crippen LogP contribution in [0, 0.1) is 11.8 Å². The average Bonchev–Trinajstić information content (AvgIpc) is 2.39. The first kappa shape index (κ1) is 15.7. The molecule has 1 aromatic rings. The second kappa shape index (κ2) is 6.87. The van der Waals surface area contributed by atoms with E-state index in [0.29, 0.717) is 17.6 Å². The summed E-state index contributed by atoms with van der Waals surface area (Å²) in [4.78, 5) is 3.97. The van der Waals surface area contributed by atoms with Crippen molar-refractivity contribution in [3.8, 4) is 0 Å². The van der Waals surface area contributed by atoms with Crippen LogP contribution in [0.5, 0.6) is 0 Å². The Bertz CT molecular complexity index is 531. The van der Waals surface area contributed by atoms with E-state index >= 15 is 0 Å². The van der Waals surface area contributed by atoms with E-state index in [4.69, 9.17) is 11.6 Å². The minimum Gasteiger partial charge on any atom is -0.243 e. The maximum atomic E-state index is 12.1. The SMILES string of the molecule is CC1CCCC(CCNS(=O)(=O)c2ccc(Cl)nc2)C1. The number of sulfonamides is 1. The van der Waals surface area contributed by atoms with Gasteiger partial charge in [0.1, 0.15) is 10.0 Å². The third kappa shape index (κ3) is 4.43. The van der Waals surface area contributed by atoms with E-state index in [9.17, 15) is 8.42 Å². The third-order valence-corrected chi connectivity index (χ3v) is 5.57. The molecule has 2 rings (SSSR count). The van der Waals surface area contributed by atoms with Gasteiger partial charge in [0.15, 0.2) is 0 Å². The van der Waals surface area contributed by atoms with Gasteiger partial charge in [-0.1, -0.05) is 37.8 Å². The largest absolute Gasteiger partial charge is 0.243 e. The second-order valence-corrected chi connectivity index (χ2v) is 7.80. The molecule has 1 heterocycles. The summed E-state index contributed by atoms with van der Waals surface area (Å²) in [7, 11) is -3.46. The molecule has 4 nitrogen and oxygen atoms in total. The predicted octanol–water partition coefficient (Wildman–Crippen LogP) is 3.23. The van der Waals surface area contributed by atoms with E-state index in [0.717, 1.165) is 12.3 Å². The molecular formula is C14H21ClN2O2S. The van der Waals surface area contributed by atoms with Crippen molar-refractivity contribution < 1.29 is 8.42 Å². The Kier molecular flexibility index (Phi) is 5.41. The normalized spacial score (nSPS) is 23.7. The zero-order valence-electron chi connectivity index (χ0n) is 11.7. The molecule has 1 aliphatic rings. The van der Waals surface area contributed by atoms with Crippen LogP contribution in [0.2, 0.25) is 5.15 Å². The molecule has 112 valence electrons. The van der Waals surface area contributed by atoms with Gasteiger partial charge < -0.3 is 0 Å². The molecule has 6 heteroatoms. The molecule has 0 saturated heterocycles. The quantitative estimate of drug-likeness (QED) is 0.848. The summed E-state index contributed by atoms with van der Waals surface area (Å²) in [5.74, 6) is 1.41. The number of hydrogen-bond donors (Lipinski definition) is 1. The van der Waals surface area contributed by atoms with Crippen LogP contribution in [0.15, 0.2) is 23.2 Å². The highest BCUT2D eigenvalue weighted by Gasteiger charge is 2.20. The van der Waals surface area contributed by atoms with E-state index in [1.165, 1.54) is 44.0 Å². The highest BCUT2D eigenvalue weighted by molar-refractivity contribution is 7.89. The lowest BCUT2D eigenvalue weighted by atomic mass is 9.81. The molecule has 0 aromatic carbocycles. The second-order valence-electron chi connectivity index (χ2n) is 5.64. The average molecular weight is 317 g/mol. The molecule has 1 saturated carbocycles. The summed E-state index contributed by atoms with van der Waals surface area (Å²) in [5, 5.41) is 0.292. The predicted molar refractivity (Wildman–Crippen MR) is 80.2 cm³/mol. The summed E-state index contributed by atoms with van der Waals surface area (Å²) < 4.78 is 26.8. The summed E-state index contributed by atoms with van der Waals surface area (Å²) in [6, 6.07) is 2.96. The number of hydrogen-bond acceptors (Lipinski definition) is 3. The molecule has 0 aliphatic heterocycles. The van der Waals surface area contributed by atoms with Crippen molar-refractivity contribution in [1.82, 2.24) is 9.71 Å². The summed E-state index contributed by atoms with van der Waals surface area (Å²) in [5.41, 5.74) is 0. The zero-order chi connectivity index (χ0) is 14.6. The molecule has 0 radical (unpaired) electrons. The van der Waals surface area contributed by atoms with Crippen molar-refractivity contribution >= 4 is 21.6 Å². The van der Waals surface area contributed by atoms with E-state index in [1.54, 1.807) is 0 Å². The fourth-order valence-corrected chi connectivity index (χ4v) is 3.93. The first-order chi connectivity index (χ1) is 9.47. The highest BCUT2D eigenvalue weighted by Crippen LogP contribution is 2.30. The smallest absolute Gasteiger partial charge is 0.242 e. The van der Waals surface area contributed by atoms with Crippen LogP contribution in [-0.4, -0.2) is 19.9 Å². The van der Waals surface area contributed by atoms with Crippen LogP contribution in [-0.2, 0) is 10.0 Å². The molecule has 20 heavy (non-hydrogen) atoms. The number of aromatic nitrogens is 1. The first-order valence-corrected chi connectivity index (χ1v) is 8.95. The van der Waals surface area contributed by atoms with Gasteiger partial charge in [0.05, 0.1) is 0 Å². The number of nitrogens with one attached hydrogen (secondary N) is 1. The van der Waals surface area contributed by atoms with Crippen LogP contribution >= 0.6 is 11.6 Å². The number of nitrogens with zero attached hydrogens (tertiary/aromatic N) is 1. The molecule has 0 spiro atoms. The molecule has 2 unspecified atom stereocenters. The Morgan fingerprint density at radius 2 is 2.20 bits per heavy atom. The maximum absolute atomic E-state index is 12.1. The van der Waals surface area contributed by atoms with Gasteiger partial charge >= 0.3 is 0 Å². The van der Waals surface area contributed by atoms with Gasteiger partial charge in [-0.3, -0.25) is 0 Å². The molecular weight excluding hydrogens is 296 g/mol. The number of rotatable bonds is 5. The standard InChI is InChI=1S/C14H21ClN2O2S/c1-11-3-2-4-12(9-11)7-8-17-20(18,19)13-5-6-14(15)16-10-13/h5-6,10-12,17H,2-4,7-9H2,1H3. The van der Waals surface area contributed by atoms with Crippen molar-refractivity contribution in [2.75, 3.05) is 6.54 Å². The monoisotopic (exact) mass is 316 g/mol. The maximum Gasteiger partial charge on any atom is 0.242 e. The minimum absolute atomic E-state index is 0.166. The van der Waals surface area contributed by atoms with Crippen LogP contribution in [0.1, 0.15) is 39.0 Å². The van der Waals surface area contributed by atoms with Crippen LogP contribution in [0.25, 0.3) is 0 Å². The Morgan fingerprint density at radius 3 is 2.85 bits per heavy atom. The fraction of sp³-hybridized carbons (Fsp3) is 0.643. The molecule has 1 aromatic heterocycles. The van der Waals surface area contributed by atoms with Gasteiger partial charge in [0, 0.05) is 12.7 Å². The Morgan fingerprint density at radius 1 is 1.40 bits per heavy atom. The zero-order valence-corrected chi connectivity index (χ0v) is 13.3. The van der Waals surface area contributed by atoms with Crippen LogP contribution in [0.4, 0.5) is 0 Å². The van der Waals surface area contributed by atoms with Gasteiger partial charge in [0.25, 0.3) is 0 Å². The van der Waals surface area contributed by atoms with E-state index < -0.39 is 10.0 Å². The Hall–Kier alpha value is -0.650. The first-order valence-electron chi connectivity index (χ1n) is 7.08. The van der Waals surface area contributed by atoms with E-state index in [2.05, 4.69) is 16.6 Å². The Labute approximate surface area is 126 Å². The van der Waals surface area contributed by atoms with Crippen molar-refractivity contribution in [3.63, 3.8) is 0 Å². The van der Waals surface area contributed by atoms with Gasteiger partial charge in [-0.05, 0) is 36.8 Å². The molecule has 0 bridgehead atoms. The lowest BCUT2D eigenvalue weighted by Gasteiger charge is -2.26. The molecule has 1 fully saturated rings. The van der Waals surface area contributed by atoms with Gasteiger partial charge in [0.2, 0.25) is 10.0 Å². The summed E-state index contributed by atoms with van der Waals surface area (Å²) in [6.45, 7) is 2.76. The number of pyridine rings is 1. The molecule has 2 atom stereocenters. The van der Waals surface area contributed by atoms with Crippen LogP contribution in [0.3, 0.4) is 0 Å². The molecule has 1 N–H and O–H groups in total. The van der Waals surface area contributed by atoms with Gasteiger partial charge in [-0.15, -0.1) is 0 Å². The van der Waals surface area contributed by atoms with Crippen molar-refractivity contribution in [1.29, 1.82) is 0 Å². The Balaban J connectivity index is 1.85.